The highest BCUT2D eigenvalue weighted by atomic mass is 32.2. The van der Waals surface area contributed by atoms with Gasteiger partial charge in [-0.15, -0.1) is 0 Å². The molecule has 1 saturated heterocycles. The highest BCUT2D eigenvalue weighted by molar-refractivity contribution is 7.94. The number of aromatic nitrogens is 1. The predicted molar refractivity (Wildman–Crippen MR) is 174 cm³/mol. The fourth-order valence-corrected chi connectivity index (χ4v) is 7.13. The van der Waals surface area contributed by atoms with Crippen molar-refractivity contribution in [2.45, 2.75) is 31.1 Å². The number of aryl methyl sites for hydroxylation is 1. The van der Waals surface area contributed by atoms with E-state index < -0.39 is 27.5 Å². The lowest BCUT2D eigenvalue weighted by Crippen LogP contribution is -2.39. The van der Waals surface area contributed by atoms with Crippen molar-refractivity contribution in [3.05, 3.63) is 113 Å². The van der Waals surface area contributed by atoms with E-state index in [2.05, 4.69) is 31.4 Å². The van der Waals surface area contributed by atoms with E-state index >= 15 is 0 Å². The number of amides is 2. The molecule has 0 bridgehead atoms. The summed E-state index contributed by atoms with van der Waals surface area (Å²) in [6.45, 7) is 3.60. The molecular weight excluding hydrogens is 604 g/mol. The molecule has 0 spiro atoms. The van der Waals surface area contributed by atoms with Crippen molar-refractivity contribution in [3.8, 4) is 11.8 Å². The summed E-state index contributed by atoms with van der Waals surface area (Å²) in [5.41, 5.74) is 2.53. The first-order chi connectivity index (χ1) is 22.2. The van der Waals surface area contributed by atoms with Gasteiger partial charge in [-0.25, -0.2) is 4.21 Å². The number of anilines is 1. The van der Waals surface area contributed by atoms with Crippen molar-refractivity contribution >= 4 is 33.2 Å². The smallest absolute Gasteiger partial charge is 0.307 e. The van der Waals surface area contributed by atoms with Crippen LogP contribution in [0.15, 0.2) is 99.1 Å². The minimum absolute atomic E-state index is 0.149. The molecule has 46 heavy (non-hydrogen) atoms. The van der Waals surface area contributed by atoms with Crippen LogP contribution in [0, 0.1) is 24.7 Å². The molecule has 1 aliphatic rings. The number of nitrogens with one attached hydrogen (secondary N) is 1. The van der Waals surface area contributed by atoms with Gasteiger partial charge in [-0.1, -0.05) is 36.1 Å². The monoisotopic (exact) mass is 638 g/mol. The number of furan rings is 1. The van der Waals surface area contributed by atoms with E-state index in [1.807, 2.05) is 0 Å². The lowest BCUT2D eigenvalue weighted by atomic mass is 9.98. The number of aliphatic carboxylic acids is 1. The number of hydrogen-bond donors (Lipinski definition) is 2. The van der Waals surface area contributed by atoms with Gasteiger partial charge in [-0.05, 0) is 81.7 Å². The normalized spacial score (nSPS) is 16.0. The Kier molecular flexibility index (Phi) is 10.4. The Morgan fingerprint density at radius 1 is 1.07 bits per heavy atom. The summed E-state index contributed by atoms with van der Waals surface area (Å²) in [5, 5.41) is 12.2. The minimum atomic E-state index is -3.12. The van der Waals surface area contributed by atoms with Gasteiger partial charge in [0, 0.05) is 52.0 Å². The molecule has 2 unspecified atom stereocenters. The van der Waals surface area contributed by atoms with E-state index in [-0.39, 0.29) is 23.0 Å². The van der Waals surface area contributed by atoms with E-state index in [0.29, 0.717) is 47.6 Å². The van der Waals surface area contributed by atoms with Crippen LogP contribution >= 0.6 is 0 Å². The maximum Gasteiger partial charge on any atom is 0.307 e. The second kappa shape index (κ2) is 14.8. The van der Waals surface area contributed by atoms with Gasteiger partial charge in [0.2, 0.25) is 0 Å². The van der Waals surface area contributed by atoms with Gasteiger partial charge < -0.3 is 19.7 Å². The Morgan fingerprint density at radius 2 is 1.87 bits per heavy atom. The first kappa shape index (κ1) is 32.3. The Morgan fingerprint density at radius 3 is 2.63 bits per heavy atom. The summed E-state index contributed by atoms with van der Waals surface area (Å²) in [6.07, 6.45) is 6.29. The molecule has 2 atom stereocenters. The van der Waals surface area contributed by atoms with Crippen molar-refractivity contribution in [2.24, 2.45) is 10.3 Å². The van der Waals surface area contributed by atoms with Crippen LogP contribution in [0.4, 0.5) is 5.69 Å². The van der Waals surface area contributed by atoms with Gasteiger partial charge in [0.1, 0.15) is 0 Å². The number of benzene rings is 2. The summed E-state index contributed by atoms with van der Waals surface area (Å²) < 4.78 is 23.7. The molecule has 0 radical (unpaired) electrons. The van der Waals surface area contributed by atoms with Gasteiger partial charge in [0.05, 0.1) is 27.5 Å². The number of hydrogen-bond acceptors (Lipinski definition) is 7. The van der Waals surface area contributed by atoms with Gasteiger partial charge in [-0.3, -0.25) is 19.4 Å². The zero-order valence-corrected chi connectivity index (χ0v) is 26.2. The molecule has 1 fully saturated rings. The molecular formula is C35H34N4O6S. The number of nitrogens with zero attached hydrogens (tertiary/aromatic N) is 3. The van der Waals surface area contributed by atoms with Crippen LogP contribution in [0.5, 0.6) is 0 Å². The average Bonchev–Trinajstić information content (AvgIpc) is 3.50. The van der Waals surface area contributed by atoms with Crippen molar-refractivity contribution < 1.29 is 28.1 Å². The molecule has 236 valence electrons. The third-order valence-corrected chi connectivity index (χ3v) is 9.93. The molecule has 10 nitrogen and oxygen atoms in total. The van der Waals surface area contributed by atoms with Crippen molar-refractivity contribution in [1.82, 2.24) is 9.88 Å². The van der Waals surface area contributed by atoms with Crippen LogP contribution in [0.2, 0.25) is 0 Å². The molecule has 2 N–H and O–H groups in total. The maximum absolute atomic E-state index is 14.2. The van der Waals surface area contributed by atoms with Crippen LogP contribution in [-0.4, -0.2) is 62.4 Å². The number of pyridine rings is 1. The van der Waals surface area contributed by atoms with Crippen LogP contribution in [-0.2, 0) is 14.5 Å². The fourth-order valence-electron chi connectivity index (χ4n) is 5.22. The summed E-state index contributed by atoms with van der Waals surface area (Å²) in [4.78, 5) is 44.0. The molecule has 2 aromatic carbocycles. The zero-order chi connectivity index (χ0) is 32.5. The molecule has 0 aliphatic carbocycles. The van der Waals surface area contributed by atoms with Gasteiger partial charge in [0.25, 0.3) is 11.8 Å². The third kappa shape index (κ3) is 8.35. The molecule has 5 rings (SSSR count). The number of carbonyl (C=O) groups is 3. The largest absolute Gasteiger partial charge is 0.481 e. The van der Waals surface area contributed by atoms with Crippen LogP contribution in [0.3, 0.4) is 0 Å². The number of carbonyl (C=O) groups excluding carboxylic acids is 2. The van der Waals surface area contributed by atoms with Crippen LogP contribution < -0.4 is 5.32 Å². The molecule has 1 aliphatic heterocycles. The second-order valence-corrected chi connectivity index (χ2v) is 13.4. The average molecular weight is 639 g/mol. The summed E-state index contributed by atoms with van der Waals surface area (Å²) >= 11 is 0. The quantitative estimate of drug-likeness (QED) is 0.229. The lowest BCUT2D eigenvalue weighted by molar-refractivity contribution is -0.143. The number of carboxylic acid groups (broad SMARTS) is 1. The molecule has 11 heteroatoms. The van der Waals surface area contributed by atoms with E-state index in [0.717, 1.165) is 18.5 Å². The number of piperidine rings is 1. The first-order valence-electron chi connectivity index (χ1n) is 14.9. The topological polar surface area (TPSA) is 142 Å². The van der Waals surface area contributed by atoms with Gasteiger partial charge in [-0.2, -0.15) is 4.36 Å². The van der Waals surface area contributed by atoms with Gasteiger partial charge in [0.15, 0.2) is 5.76 Å². The van der Waals surface area contributed by atoms with Crippen molar-refractivity contribution in [3.63, 3.8) is 0 Å². The van der Waals surface area contributed by atoms with Crippen LogP contribution in [0.25, 0.3) is 0 Å². The Hall–Kier alpha value is -5.05. The highest BCUT2D eigenvalue weighted by Gasteiger charge is 2.25. The maximum atomic E-state index is 14.2. The number of rotatable bonds is 9. The Labute approximate surface area is 268 Å². The first-order valence-corrected chi connectivity index (χ1v) is 16.6. The van der Waals surface area contributed by atoms with E-state index in [1.165, 1.54) is 18.7 Å². The summed E-state index contributed by atoms with van der Waals surface area (Å²) in [6, 6.07) is 19.0. The molecule has 4 aromatic rings. The van der Waals surface area contributed by atoms with Crippen LogP contribution in [0.1, 0.15) is 56.9 Å². The minimum Gasteiger partial charge on any atom is -0.481 e. The zero-order valence-electron chi connectivity index (χ0n) is 25.3. The highest BCUT2D eigenvalue weighted by Crippen LogP contribution is 2.20. The number of likely N-dealkylation sites (tertiary alicyclic amines) is 1. The van der Waals surface area contributed by atoms with Crippen molar-refractivity contribution in [1.29, 1.82) is 0 Å². The third-order valence-electron chi connectivity index (χ3n) is 7.62. The van der Waals surface area contributed by atoms with E-state index in [9.17, 15) is 23.7 Å². The SMILES string of the molecule is Cc1ccoc1C(=O)Nc1cccc(C#Cc2cncc(C(=O)N=S(=O)(CCCN3CCCC(C(=O)O)C3)c3ccccc3)c2)c1. The van der Waals surface area contributed by atoms with E-state index in [4.69, 9.17) is 4.42 Å². The van der Waals surface area contributed by atoms with E-state index in [1.54, 1.807) is 73.7 Å². The molecule has 2 amide bonds. The standard InChI is InChI=1S/C35H34N4O6S/c1-25-15-18-45-32(25)34(41)37-30-10-5-8-26(21-30)13-14-27-20-29(23-36-22-27)33(40)38-46(44,31-11-3-2-4-12-31)19-7-17-39-16-6-9-28(24-39)35(42)43/h2-5,8,10-12,15,18,20-23,28H,6-7,9,16-17,19,24H2,1H3,(H,37,41)(H,42,43). The Bertz CT molecular complexity index is 1920. The summed E-state index contributed by atoms with van der Waals surface area (Å²) in [5.74, 6) is 4.19. The fraction of sp³-hybridized carbons (Fsp3) is 0.257. The molecule has 3 heterocycles. The Balaban J connectivity index is 1.30. The summed E-state index contributed by atoms with van der Waals surface area (Å²) in [7, 11) is -3.12. The predicted octanol–water partition coefficient (Wildman–Crippen LogP) is 5.49. The van der Waals surface area contributed by atoms with Crippen molar-refractivity contribution in [2.75, 3.05) is 30.7 Å². The lowest BCUT2D eigenvalue weighted by Gasteiger charge is -2.30. The molecule has 2 aromatic heterocycles. The van der Waals surface area contributed by atoms with Gasteiger partial charge >= 0.3 is 5.97 Å². The molecule has 0 saturated carbocycles. The number of carboxylic acids is 1. The second-order valence-electron chi connectivity index (χ2n) is 11.1.